The lowest BCUT2D eigenvalue weighted by atomic mass is 10.0. The number of aliphatic hydroxyl groups excluding tert-OH is 1. The number of hydrogen-bond donors (Lipinski definition) is 3. The van der Waals surface area contributed by atoms with Crippen LogP contribution in [-0.2, 0) is 20.5 Å². The summed E-state index contributed by atoms with van der Waals surface area (Å²) in [5.74, 6) is -0.980. The maximum Gasteiger partial charge on any atom is 0.339 e. The van der Waals surface area contributed by atoms with Crippen LogP contribution >= 0.6 is 7.60 Å². The summed E-state index contributed by atoms with van der Waals surface area (Å²) in [5, 5.41) is 12.7. The van der Waals surface area contributed by atoms with Crippen LogP contribution in [0.3, 0.4) is 0 Å². The van der Waals surface area contributed by atoms with Crippen LogP contribution in [-0.4, -0.2) is 64.3 Å². The van der Waals surface area contributed by atoms with E-state index in [-0.39, 0.29) is 19.6 Å². The van der Waals surface area contributed by atoms with Gasteiger partial charge >= 0.3 is 13.6 Å². The quantitative estimate of drug-likeness (QED) is 0.251. The van der Waals surface area contributed by atoms with Gasteiger partial charge in [-0.15, -0.1) is 0 Å². The normalized spacial score (nSPS) is 14.5. The molecule has 176 valence electrons. The minimum Gasteiger partial charge on any atom is -0.465 e. The Balaban J connectivity index is 1.83. The lowest BCUT2D eigenvalue weighted by Gasteiger charge is -2.23. The van der Waals surface area contributed by atoms with Crippen LogP contribution in [0.5, 0.6) is 0 Å². The minimum absolute atomic E-state index is 0.0224. The highest BCUT2D eigenvalue weighted by Crippen LogP contribution is 2.44. The summed E-state index contributed by atoms with van der Waals surface area (Å²) in [6.45, 7) is 4.42. The van der Waals surface area contributed by atoms with E-state index in [1.807, 2.05) is 24.1 Å². The number of benzene rings is 2. The highest BCUT2D eigenvalue weighted by Gasteiger charge is 2.38. The molecule has 2 rings (SSSR count). The fraction of sp³-hybridized carbons (Fsp3) is 0.458. The number of aliphatic hydroxyl groups is 1. The van der Waals surface area contributed by atoms with Gasteiger partial charge in [-0.3, -0.25) is 9.36 Å². The highest BCUT2D eigenvalue weighted by molar-refractivity contribution is 7.53. The Kier molecular flexibility index (Phi) is 10.1. The van der Waals surface area contributed by atoms with Crippen molar-refractivity contribution in [2.45, 2.75) is 44.9 Å². The Morgan fingerprint density at radius 2 is 1.88 bits per heavy atom. The van der Waals surface area contributed by atoms with Crippen molar-refractivity contribution in [2.75, 3.05) is 26.7 Å². The number of fused-ring (bicyclic) bond motifs is 1. The molecule has 0 aromatic heterocycles. The highest BCUT2D eigenvalue weighted by atomic mass is 31.2. The van der Waals surface area contributed by atoms with Crippen molar-refractivity contribution in [3.05, 3.63) is 59.7 Å². The van der Waals surface area contributed by atoms with Crippen molar-refractivity contribution < 1.29 is 29.0 Å². The molecule has 0 spiro atoms. The molecule has 0 fully saturated rings. The predicted octanol–water partition coefficient (Wildman–Crippen LogP) is 3.51. The average Bonchev–Trinajstić information content (AvgIpc) is 2.73. The van der Waals surface area contributed by atoms with Gasteiger partial charge in [0.15, 0.2) is 5.66 Å². The Labute approximate surface area is 189 Å². The maximum atomic E-state index is 11.8. The van der Waals surface area contributed by atoms with E-state index < -0.39 is 25.3 Å². The molecule has 32 heavy (non-hydrogen) atoms. The first-order chi connectivity index (χ1) is 15.1. The lowest BCUT2D eigenvalue weighted by Crippen LogP contribution is -2.35. The number of rotatable bonds is 12. The molecule has 0 bridgehead atoms. The smallest absolute Gasteiger partial charge is 0.339 e. The molecule has 7 nitrogen and oxygen atoms in total. The van der Waals surface area contributed by atoms with Crippen molar-refractivity contribution in [3.63, 3.8) is 0 Å². The largest absolute Gasteiger partial charge is 0.465 e. The number of carbonyl (C=O) groups excluding carboxylic acids is 1. The van der Waals surface area contributed by atoms with Gasteiger partial charge in [-0.25, -0.2) is 0 Å². The molecule has 8 heteroatoms. The number of ether oxygens (including phenoxy) is 1. The van der Waals surface area contributed by atoms with Gasteiger partial charge in [-0.05, 0) is 56.5 Å². The third-order valence-electron chi connectivity index (χ3n) is 5.36. The van der Waals surface area contributed by atoms with Crippen LogP contribution in [0.25, 0.3) is 10.8 Å². The molecule has 0 amide bonds. The van der Waals surface area contributed by atoms with Gasteiger partial charge in [0.25, 0.3) is 0 Å². The SMILES string of the molecule is CCOC(=O)C(CC(O)CN(C)CC=C(C)CCc1ccc2ccccc2c1)P(=O)(O)O. The van der Waals surface area contributed by atoms with Gasteiger partial charge in [0.05, 0.1) is 12.7 Å². The molecule has 0 saturated heterocycles. The summed E-state index contributed by atoms with van der Waals surface area (Å²) in [6.07, 6.45) is 2.52. The first kappa shape index (κ1) is 26.2. The van der Waals surface area contributed by atoms with E-state index in [2.05, 4.69) is 43.3 Å². The Morgan fingerprint density at radius 1 is 1.19 bits per heavy atom. The zero-order chi connectivity index (χ0) is 23.7. The topological polar surface area (TPSA) is 107 Å². The van der Waals surface area contributed by atoms with Crippen molar-refractivity contribution in [1.82, 2.24) is 4.90 Å². The van der Waals surface area contributed by atoms with Crippen molar-refractivity contribution in [3.8, 4) is 0 Å². The molecule has 0 aliphatic rings. The standard InChI is InChI=1S/C24H34NO6P/c1-4-31-24(27)23(32(28,29)30)16-22(26)17-25(3)14-13-18(2)9-10-19-11-12-20-7-5-6-8-21(20)15-19/h5-8,11-13,15,22-23,26H,4,9-10,14,16-17H2,1-3H3,(H2,28,29,30). The molecule has 2 aromatic carbocycles. The van der Waals surface area contributed by atoms with E-state index in [0.29, 0.717) is 6.54 Å². The molecule has 3 N–H and O–H groups in total. The third-order valence-corrected chi connectivity index (χ3v) is 6.59. The van der Waals surface area contributed by atoms with E-state index in [1.165, 1.54) is 21.9 Å². The van der Waals surface area contributed by atoms with E-state index in [4.69, 9.17) is 4.74 Å². The number of esters is 1. The molecular formula is C24H34NO6P. The van der Waals surface area contributed by atoms with Gasteiger partial charge in [-0.1, -0.05) is 54.1 Å². The van der Waals surface area contributed by atoms with E-state index in [1.54, 1.807) is 6.92 Å². The maximum absolute atomic E-state index is 11.8. The summed E-state index contributed by atoms with van der Waals surface area (Å²) in [6, 6.07) is 14.8. The average molecular weight is 464 g/mol. The number of aryl methyl sites for hydroxylation is 1. The zero-order valence-electron chi connectivity index (χ0n) is 19.0. The number of likely N-dealkylation sites (N-methyl/N-ethyl adjacent to an activating group) is 1. The second-order valence-electron chi connectivity index (χ2n) is 8.20. The molecule has 0 aliphatic heterocycles. The first-order valence-corrected chi connectivity index (χ1v) is 12.5. The van der Waals surface area contributed by atoms with Crippen molar-refractivity contribution in [1.29, 1.82) is 0 Å². The van der Waals surface area contributed by atoms with Crippen LogP contribution < -0.4 is 0 Å². The summed E-state index contributed by atoms with van der Waals surface area (Å²) in [4.78, 5) is 32.5. The Bertz CT molecular complexity index is 970. The fourth-order valence-electron chi connectivity index (χ4n) is 3.53. The lowest BCUT2D eigenvalue weighted by molar-refractivity contribution is -0.143. The first-order valence-electron chi connectivity index (χ1n) is 10.8. The summed E-state index contributed by atoms with van der Waals surface area (Å²) in [5.41, 5.74) is 0.854. The molecule has 0 aliphatic carbocycles. The van der Waals surface area contributed by atoms with Crippen LogP contribution in [0.15, 0.2) is 54.1 Å². The monoisotopic (exact) mass is 463 g/mol. The number of carbonyl (C=O) groups is 1. The number of hydrogen-bond acceptors (Lipinski definition) is 5. The second kappa shape index (κ2) is 12.3. The van der Waals surface area contributed by atoms with Gasteiger partial charge in [-0.2, -0.15) is 0 Å². The van der Waals surface area contributed by atoms with Gasteiger partial charge in [0.1, 0.15) is 0 Å². The molecule has 2 unspecified atom stereocenters. The van der Waals surface area contributed by atoms with Gasteiger partial charge < -0.3 is 24.5 Å². The Morgan fingerprint density at radius 3 is 2.53 bits per heavy atom. The predicted molar refractivity (Wildman–Crippen MR) is 127 cm³/mol. The molecule has 0 radical (unpaired) electrons. The van der Waals surface area contributed by atoms with E-state index >= 15 is 0 Å². The molecule has 0 saturated carbocycles. The minimum atomic E-state index is -4.71. The van der Waals surface area contributed by atoms with E-state index in [9.17, 15) is 24.3 Å². The van der Waals surface area contributed by atoms with Crippen molar-refractivity contribution in [2.24, 2.45) is 0 Å². The van der Waals surface area contributed by atoms with Crippen molar-refractivity contribution >= 4 is 24.3 Å². The molecular weight excluding hydrogens is 429 g/mol. The number of nitrogens with zero attached hydrogens (tertiary/aromatic N) is 1. The fourth-order valence-corrected chi connectivity index (χ4v) is 4.39. The molecule has 2 atom stereocenters. The third kappa shape index (κ3) is 8.49. The summed E-state index contributed by atoms with van der Waals surface area (Å²) < 4.78 is 16.3. The van der Waals surface area contributed by atoms with E-state index in [0.717, 1.165) is 12.8 Å². The van der Waals surface area contributed by atoms with Crippen LogP contribution in [0.1, 0.15) is 32.3 Å². The summed E-state index contributed by atoms with van der Waals surface area (Å²) >= 11 is 0. The van der Waals surface area contributed by atoms with Crippen LogP contribution in [0.2, 0.25) is 0 Å². The van der Waals surface area contributed by atoms with Gasteiger partial charge in [0, 0.05) is 13.1 Å². The molecule has 0 heterocycles. The second-order valence-corrected chi connectivity index (χ2v) is 10.0. The van der Waals surface area contributed by atoms with Crippen LogP contribution in [0.4, 0.5) is 0 Å². The van der Waals surface area contributed by atoms with Gasteiger partial charge in [0.2, 0.25) is 0 Å². The number of allylic oxidation sites excluding steroid dienone is 1. The summed E-state index contributed by atoms with van der Waals surface area (Å²) in [7, 11) is -2.90. The Hall–Kier alpha value is -2.02. The van der Waals surface area contributed by atoms with Crippen LogP contribution in [0, 0.1) is 0 Å². The zero-order valence-corrected chi connectivity index (χ0v) is 19.9. The molecule has 2 aromatic rings.